The molecule has 0 radical (unpaired) electrons. The molecule has 0 amide bonds. The largest absolute Gasteiger partial charge is 0.457 e. The van der Waals surface area contributed by atoms with E-state index < -0.39 is 0 Å². The molecular weight excluding hydrogens is 386 g/mol. The zero-order chi connectivity index (χ0) is 21.0. The molecule has 2 aromatic carbocycles. The predicted molar refractivity (Wildman–Crippen MR) is 123 cm³/mol. The van der Waals surface area contributed by atoms with Gasteiger partial charge in [-0.05, 0) is 66.7 Å². The Kier molecular flexibility index (Phi) is 5.65. The Morgan fingerprint density at radius 1 is 0.871 bits per heavy atom. The number of pyridine rings is 1. The molecule has 2 aromatic heterocycles. The number of hydrogen-bond acceptors (Lipinski definition) is 5. The van der Waals surface area contributed by atoms with Crippen molar-refractivity contribution in [3.63, 3.8) is 0 Å². The van der Waals surface area contributed by atoms with Crippen LogP contribution in [0.15, 0.2) is 66.9 Å². The van der Waals surface area contributed by atoms with E-state index in [0.717, 1.165) is 78.6 Å². The van der Waals surface area contributed by atoms with Crippen LogP contribution >= 0.6 is 0 Å². The number of aromatic nitrogens is 3. The number of fused-ring (bicyclic) bond motifs is 1. The number of benzene rings is 2. The highest BCUT2D eigenvalue weighted by molar-refractivity contribution is 5.80. The first kappa shape index (κ1) is 19.7. The molecule has 1 aliphatic heterocycles. The first-order chi connectivity index (χ1) is 15.3. The van der Waals surface area contributed by atoms with Crippen molar-refractivity contribution < 1.29 is 4.74 Å². The van der Waals surface area contributed by atoms with Gasteiger partial charge in [0.1, 0.15) is 11.5 Å². The number of rotatable bonds is 6. The van der Waals surface area contributed by atoms with Crippen molar-refractivity contribution in [1.82, 2.24) is 25.0 Å². The van der Waals surface area contributed by atoms with E-state index in [1.54, 1.807) is 6.20 Å². The third-order valence-corrected chi connectivity index (χ3v) is 5.92. The molecule has 1 saturated heterocycles. The van der Waals surface area contributed by atoms with Gasteiger partial charge >= 0.3 is 0 Å². The van der Waals surface area contributed by atoms with E-state index in [1.165, 1.54) is 0 Å². The Hall–Kier alpha value is -3.22. The van der Waals surface area contributed by atoms with E-state index >= 15 is 0 Å². The number of piperazine rings is 1. The quantitative estimate of drug-likeness (QED) is 0.502. The Labute approximate surface area is 182 Å². The minimum absolute atomic E-state index is 0.804. The van der Waals surface area contributed by atoms with Crippen LogP contribution in [-0.4, -0.2) is 57.7 Å². The Morgan fingerprint density at radius 2 is 1.65 bits per heavy atom. The summed E-state index contributed by atoms with van der Waals surface area (Å²) >= 11 is 0. The molecule has 0 spiro atoms. The number of hydrogen-bond donors (Lipinski definition) is 1. The number of H-pyrrole nitrogens is 1. The summed E-state index contributed by atoms with van der Waals surface area (Å²) in [6, 6.07) is 20.3. The lowest BCUT2D eigenvalue weighted by Gasteiger charge is -2.33. The van der Waals surface area contributed by atoms with Crippen LogP contribution in [0.3, 0.4) is 0 Å². The molecule has 0 atom stereocenters. The highest BCUT2D eigenvalue weighted by Crippen LogP contribution is 2.27. The Morgan fingerprint density at radius 3 is 2.39 bits per heavy atom. The van der Waals surface area contributed by atoms with Gasteiger partial charge in [-0.3, -0.25) is 15.0 Å². The predicted octanol–water partition coefficient (Wildman–Crippen LogP) is 4.55. The van der Waals surface area contributed by atoms with E-state index in [2.05, 4.69) is 45.1 Å². The van der Waals surface area contributed by atoms with Gasteiger partial charge in [0.25, 0.3) is 0 Å². The van der Waals surface area contributed by atoms with Gasteiger partial charge in [0.15, 0.2) is 0 Å². The van der Waals surface area contributed by atoms with Crippen molar-refractivity contribution in [3.05, 3.63) is 72.6 Å². The minimum atomic E-state index is 0.804. The molecule has 6 nitrogen and oxygen atoms in total. The molecule has 6 heteroatoms. The van der Waals surface area contributed by atoms with Crippen LogP contribution in [0.2, 0.25) is 0 Å². The fourth-order valence-corrected chi connectivity index (χ4v) is 4.05. The summed E-state index contributed by atoms with van der Waals surface area (Å²) < 4.78 is 6.06. The second-order valence-corrected chi connectivity index (χ2v) is 7.96. The number of aromatic amines is 1. The van der Waals surface area contributed by atoms with Gasteiger partial charge in [-0.1, -0.05) is 13.0 Å². The Balaban J connectivity index is 1.25. The molecule has 3 heterocycles. The van der Waals surface area contributed by atoms with Crippen molar-refractivity contribution in [2.75, 3.05) is 32.7 Å². The standard InChI is InChI=1S/C25H27N5O/c1-2-29-13-15-30(16-14-29)18-21-6-3-20-17-23(9-10-24(20)27-21)31-22-7-4-19(5-8-22)25-11-12-26-28-25/h3-12,17H,2,13-16,18H2,1H3,(H,26,28). The van der Waals surface area contributed by atoms with Crippen LogP contribution in [0.4, 0.5) is 0 Å². The summed E-state index contributed by atoms with van der Waals surface area (Å²) in [5, 5.41) is 8.06. The average molecular weight is 414 g/mol. The molecule has 0 saturated carbocycles. The summed E-state index contributed by atoms with van der Waals surface area (Å²) in [4.78, 5) is 9.86. The van der Waals surface area contributed by atoms with Crippen molar-refractivity contribution >= 4 is 10.9 Å². The highest BCUT2D eigenvalue weighted by atomic mass is 16.5. The van der Waals surface area contributed by atoms with E-state index in [0.29, 0.717) is 0 Å². The molecule has 1 N–H and O–H groups in total. The van der Waals surface area contributed by atoms with Gasteiger partial charge in [-0.2, -0.15) is 5.10 Å². The summed E-state index contributed by atoms with van der Waals surface area (Å²) in [6.07, 6.45) is 1.75. The van der Waals surface area contributed by atoms with Gasteiger partial charge in [0, 0.05) is 44.3 Å². The molecule has 0 unspecified atom stereocenters. The molecule has 0 bridgehead atoms. The lowest BCUT2D eigenvalue weighted by molar-refractivity contribution is 0.131. The molecule has 158 valence electrons. The van der Waals surface area contributed by atoms with Crippen LogP contribution in [0.25, 0.3) is 22.2 Å². The normalized spacial score (nSPS) is 15.4. The monoisotopic (exact) mass is 413 g/mol. The maximum absolute atomic E-state index is 6.06. The molecule has 31 heavy (non-hydrogen) atoms. The Bertz CT molecular complexity index is 1130. The number of nitrogens with zero attached hydrogens (tertiary/aromatic N) is 4. The smallest absolute Gasteiger partial charge is 0.128 e. The van der Waals surface area contributed by atoms with Gasteiger partial charge in [0.2, 0.25) is 0 Å². The summed E-state index contributed by atoms with van der Waals surface area (Å²) in [6.45, 7) is 8.80. The molecular formula is C25H27N5O. The molecule has 0 aliphatic carbocycles. The van der Waals surface area contributed by atoms with Gasteiger partial charge in [0.05, 0.1) is 16.9 Å². The number of likely N-dealkylation sites (N-methyl/N-ethyl adjacent to an activating group) is 1. The van der Waals surface area contributed by atoms with E-state index in [9.17, 15) is 0 Å². The topological polar surface area (TPSA) is 57.3 Å². The number of ether oxygens (including phenoxy) is 1. The van der Waals surface area contributed by atoms with Crippen molar-refractivity contribution in [2.45, 2.75) is 13.5 Å². The highest BCUT2D eigenvalue weighted by Gasteiger charge is 2.16. The average Bonchev–Trinajstić information content (AvgIpc) is 3.35. The van der Waals surface area contributed by atoms with Crippen LogP contribution in [0.5, 0.6) is 11.5 Å². The van der Waals surface area contributed by atoms with Gasteiger partial charge in [-0.15, -0.1) is 0 Å². The summed E-state index contributed by atoms with van der Waals surface area (Å²) in [5.74, 6) is 1.62. The molecule has 1 fully saturated rings. The van der Waals surface area contributed by atoms with Gasteiger partial charge in [-0.25, -0.2) is 0 Å². The summed E-state index contributed by atoms with van der Waals surface area (Å²) in [5.41, 5.74) is 4.20. The zero-order valence-corrected chi connectivity index (χ0v) is 17.8. The van der Waals surface area contributed by atoms with Crippen LogP contribution in [0.1, 0.15) is 12.6 Å². The first-order valence-corrected chi connectivity index (χ1v) is 10.9. The lowest BCUT2D eigenvalue weighted by atomic mass is 10.1. The zero-order valence-electron chi connectivity index (χ0n) is 17.8. The second-order valence-electron chi connectivity index (χ2n) is 7.96. The van der Waals surface area contributed by atoms with Crippen molar-refractivity contribution in [1.29, 1.82) is 0 Å². The van der Waals surface area contributed by atoms with E-state index in [4.69, 9.17) is 9.72 Å². The second kappa shape index (κ2) is 8.88. The summed E-state index contributed by atoms with van der Waals surface area (Å²) in [7, 11) is 0. The van der Waals surface area contributed by atoms with Crippen LogP contribution in [0, 0.1) is 0 Å². The third kappa shape index (κ3) is 4.60. The molecule has 1 aliphatic rings. The van der Waals surface area contributed by atoms with Gasteiger partial charge < -0.3 is 9.64 Å². The maximum Gasteiger partial charge on any atom is 0.128 e. The van der Waals surface area contributed by atoms with Crippen molar-refractivity contribution in [2.24, 2.45) is 0 Å². The lowest BCUT2D eigenvalue weighted by Crippen LogP contribution is -2.45. The van der Waals surface area contributed by atoms with Crippen LogP contribution in [-0.2, 0) is 6.54 Å². The maximum atomic E-state index is 6.06. The first-order valence-electron chi connectivity index (χ1n) is 10.9. The minimum Gasteiger partial charge on any atom is -0.457 e. The fraction of sp³-hybridized carbons (Fsp3) is 0.280. The SMILES string of the molecule is CCN1CCN(Cc2ccc3cc(Oc4ccc(-c5ccn[nH]5)cc4)ccc3n2)CC1. The molecule has 5 rings (SSSR count). The fourth-order valence-electron chi connectivity index (χ4n) is 4.05. The van der Waals surface area contributed by atoms with E-state index in [1.807, 2.05) is 42.5 Å². The van der Waals surface area contributed by atoms with Crippen molar-refractivity contribution in [3.8, 4) is 22.8 Å². The molecule has 4 aromatic rings. The van der Waals surface area contributed by atoms with Crippen LogP contribution < -0.4 is 4.74 Å². The third-order valence-electron chi connectivity index (χ3n) is 5.92. The van der Waals surface area contributed by atoms with E-state index in [-0.39, 0.29) is 0 Å². The number of nitrogens with one attached hydrogen (secondary N) is 1.